The summed E-state index contributed by atoms with van der Waals surface area (Å²) in [6.07, 6.45) is 3.21. The lowest BCUT2D eigenvalue weighted by Crippen LogP contribution is -2.42. The Hall–Kier alpha value is -1.33. The molecule has 1 aromatic rings. The molecule has 1 aliphatic rings. The molecule has 1 amide bonds. The fraction of sp³-hybridized carbons (Fsp3) is 0.500. The van der Waals surface area contributed by atoms with E-state index in [1.54, 1.807) is 0 Å². The van der Waals surface area contributed by atoms with Crippen LogP contribution in [0.3, 0.4) is 0 Å². The Balaban J connectivity index is 1.76. The van der Waals surface area contributed by atoms with Gasteiger partial charge in [-0.25, -0.2) is 0 Å². The van der Waals surface area contributed by atoms with Gasteiger partial charge < -0.3 is 19.8 Å². The Morgan fingerprint density at radius 2 is 2.53 bits per heavy atom. The summed E-state index contributed by atoms with van der Waals surface area (Å²) in [6.45, 7) is 1.92. The molecule has 82 valence electrons. The second-order valence-corrected chi connectivity index (χ2v) is 3.37. The quantitative estimate of drug-likeness (QED) is 0.740. The predicted octanol–water partition coefficient (Wildman–Crippen LogP) is 0.0463. The molecule has 2 N–H and O–H groups in total. The van der Waals surface area contributed by atoms with Gasteiger partial charge in [-0.05, 0) is 11.6 Å². The Bertz CT molecular complexity index is 304. The summed E-state index contributed by atoms with van der Waals surface area (Å²) in [6, 6.07) is 1.92. The summed E-state index contributed by atoms with van der Waals surface area (Å²) < 4.78 is 10.4. The van der Waals surface area contributed by atoms with Crippen molar-refractivity contribution in [3.05, 3.63) is 24.0 Å². The third kappa shape index (κ3) is 2.81. The highest BCUT2D eigenvalue weighted by atomic mass is 16.6. The smallest absolute Gasteiger partial charge is 0.251 e. The number of carbonyl (C=O) groups is 1. The van der Waals surface area contributed by atoms with Crippen LogP contribution in [0.15, 0.2) is 18.5 Å². The van der Waals surface area contributed by atoms with Crippen LogP contribution in [-0.4, -0.2) is 36.8 Å². The molecule has 0 saturated carbocycles. The second kappa shape index (κ2) is 4.95. The maximum absolute atomic E-state index is 11.6. The first-order valence-electron chi connectivity index (χ1n) is 4.95. The van der Waals surface area contributed by atoms with E-state index in [9.17, 15) is 4.79 Å². The van der Waals surface area contributed by atoms with E-state index in [-0.39, 0.29) is 5.91 Å². The highest BCUT2D eigenvalue weighted by Gasteiger charge is 2.21. The van der Waals surface area contributed by atoms with E-state index in [4.69, 9.17) is 9.47 Å². The summed E-state index contributed by atoms with van der Waals surface area (Å²) in [4.78, 5) is 14.5. The number of ether oxygens (including phenoxy) is 2. The Labute approximate surface area is 87.8 Å². The Kier molecular flexibility index (Phi) is 3.37. The topological polar surface area (TPSA) is 63.4 Å². The molecule has 2 heterocycles. The van der Waals surface area contributed by atoms with Crippen LogP contribution >= 0.6 is 0 Å². The zero-order chi connectivity index (χ0) is 10.5. The number of carbonyl (C=O) groups excluding carboxylic acids is 1. The molecule has 1 aliphatic heterocycles. The van der Waals surface area contributed by atoms with Gasteiger partial charge in [0.05, 0.1) is 19.8 Å². The van der Waals surface area contributed by atoms with Crippen LogP contribution in [-0.2, 0) is 20.8 Å². The summed E-state index contributed by atoms with van der Waals surface area (Å²) in [5.74, 6) is -0.115. The van der Waals surface area contributed by atoms with Crippen LogP contribution < -0.4 is 5.32 Å². The number of aromatic nitrogens is 1. The fourth-order valence-corrected chi connectivity index (χ4v) is 1.41. The lowest BCUT2D eigenvalue weighted by Gasteiger charge is -2.21. The highest BCUT2D eigenvalue weighted by molar-refractivity contribution is 5.80. The highest BCUT2D eigenvalue weighted by Crippen LogP contribution is 2.01. The molecule has 1 atom stereocenters. The molecule has 5 nitrogen and oxygen atoms in total. The first-order chi connectivity index (χ1) is 7.36. The van der Waals surface area contributed by atoms with Crippen molar-refractivity contribution in [2.24, 2.45) is 0 Å². The average molecular weight is 210 g/mol. The lowest BCUT2D eigenvalue weighted by molar-refractivity contribution is -0.147. The van der Waals surface area contributed by atoms with Gasteiger partial charge in [-0.15, -0.1) is 0 Å². The number of amides is 1. The van der Waals surface area contributed by atoms with Gasteiger partial charge in [0, 0.05) is 18.9 Å². The summed E-state index contributed by atoms with van der Waals surface area (Å²) in [7, 11) is 0. The normalized spacial score (nSPS) is 21.2. The number of hydrogen-bond donors (Lipinski definition) is 2. The summed E-state index contributed by atoms with van der Waals surface area (Å²) in [5.41, 5.74) is 1.04. The molecular weight excluding hydrogens is 196 g/mol. The minimum absolute atomic E-state index is 0.115. The van der Waals surface area contributed by atoms with Crippen LogP contribution in [0.5, 0.6) is 0 Å². The van der Waals surface area contributed by atoms with Crippen LogP contribution in [0.1, 0.15) is 5.56 Å². The Morgan fingerprint density at radius 1 is 1.60 bits per heavy atom. The maximum atomic E-state index is 11.6. The minimum Gasteiger partial charge on any atom is -0.376 e. The first-order valence-corrected chi connectivity index (χ1v) is 4.95. The van der Waals surface area contributed by atoms with Crippen molar-refractivity contribution < 1.29 is 14.3 Å². The second-order valence-electron chi connectivity index (χ2n) is 3.37. The lowest BCUT2D eigenvalue weighted by atomic mass is 10.3. The molecule has 0 aliphatic carbocycles. The molecule has 1 unspecified atom stereocenters. The molecule has 0 spiro atoms. The third-order valence-corrected chi connectivity index (χ3v) is 2.24. The monoisotopic (exact) mass is 210 g/mol. The van der Waals surface area contributed by atoms with Crippen molar-refractivity contribution in [3.8, 4) is 0 Å². The van der Waals surface area contributed by atoms with Crippen molar-refractivity contribution in [1.82, 2.24) is 10.3 Å². The van der Waals surface area contributed by atoms with Gasteiger partial charge in [-0.1, -0.05) is 0 Å². The predicted molar refractivity (Wildman–Crippen MR) is 53.2 cm³/mol. The third-order valence-electron chi connectivity index (χ3n) is 2.24. The largest absolute Gasteiger partial charge is 0.376 e. The van der Waals surface area contributed by atoms with Crippen LogP contribution in [0.2, 0.25) is 0 Å². The maximum Gasteiger partial charge on any atom is 0.251 e. The zero-order valence-corrected chi connectivity index (χ0v) is 8.36. The molecule has 0 aromatic carbocycles. The number of hydrogen-bond acceptors (Lipinski definition) is 3. The van der Waals surface area contributed by atoms with E-state index in [1.807, 2.05) is 18.5 Å². The van der Waals surface area contributed by atoms with Gasteiger partial charge in [0.2, 0.25) is 0 Å². The minimum atomic E-state index is -0.460. The van der Waals surface area contributed by atoms with Crippen molar-refractivity contribution >= 4 is 5.91 Å². The number of aromatic amines is 1. The van der Waals surface area contributed by atoms with E-state index in [0.29, 0.717) is 26.4 Å². The van der Waals surface area contributed by atoms with E-state index in [1.165, 1.54) is 0 Å². The van der Waals surface area contributed by atoms with Crippen molar-refractivity contribution in [3.63, 3.8) is 0 Å². The average Bonchev–Trinajstić information content (AvgIpc) is 2.80. The van der Waals surface area contributed by atoms with Gasteiger partial charge in [0.15, 0.2) is 6.10 Å². The van der Waals surface area contributed by atoms with Gasteiger partial charge in [-0.3, -0.25) is 4.79 Å². The first kappa shape index (κ1) is 10.2. The summed E-state index contributed by atoms with van der Waals surface area (Å²) >= 11 is 0. The van der Waals surface area contributed by atoms with Gasteiger partial charge in [-0.2, -0.15) is 0 Å². The molecular formula is C10H14N2O3. The molecule has 1 saturated heterocycles. The van der Waals surface area contributed by atoms with Crippen molar-refractivity contribution in [2.75, 3.05) is 19.8 Å². The molecule has 0 bridgehead atoms. The molecule has 1 fully saturated rings. The zero-order valence-electron chi connectivity index (χ0n) is 8.36. The van der Waals surface area contributed by atoms with Gasteiger partial charge in [0.1, 0.15) is 0 Å². The van der Waals surface area contributed by atoms with E-state index in [2.05, 4.69) is 10.3 Å². The van der Waals surface area contributed by atoms with E-state index >= 15 is 0 Å². The summed E-state index contributed by atoms with van der Waals surface area (Å²) in [5, 5.41) is 2.79. The van der Waals surface area contributed by atoms with Gasteiger partial charge in [0.25, 0.3) is 5.91 Å². The molecule has 15 heavy (non-hydrogen) atoms. The number of nitrogens with one attached hydrogen (secondary N) is 2. The van der Waals surface area contributed by atoms with Crippen LogP contribution in [0, 0.1) is 0 Å². The Morgan fingerprint density at radius 3 is 3.20 bits per heavy atom. The SMILES string of the molecule is O=C(NCc1cc[nH]c1)C1COCCO1. The van der Waals surface area contributed by atoms with E-state index < -0.39 is 6.10 Å². The van der Waals surface area contributed by atoms with Crippen molar-refractivity contribution in [2.45, 2.75) is 12.6 Å². The van der Waals surface area contributed by atoms with Crippen molar-refractivity contribution in [1.29, 1.82) is 0 Å². The molecule has 5 heteroatoms. The van der Waals surface area contributed by atoms with E-state index in [0.717, 1.165) is 5.56 Å². The van der Waals surface area contributed by atoms with Crippen LogP contribution in [0.25, 0.3) is 0 Å². The number of rotatable bonds is 3. The fourth-order valence-electron chi connectivity index (χ4n) is 1.41. The molecule has 1 aromatic heterocycles. The number of H-pyrrole nitrogens is 1. The molecule has 2 rings (SSSR count). The van der Waals surface area contributed by atoms with Gasteiger partial charge >= 0.3 is 0 Å². The standard InChI is InChI=1S/C10H14N2O3/c13-10(9-7-14-3-4-15-9)12-6-8-1-2-11-5-8/h1-2,5,9,11H,3-4,6-7H2,(H,12,13). The molecule has 0 radical (unpaired) electrons. The van der Waals surface area contributed by atoms with Crippen LogP contribution in [0.4, 0.5) is 0 Å².